The van der Waals surface area contributed by atoms with Crippen LogP contribution in [0.4, 0.5) is 0 Å². The molecule has 1 aliphatic heterocycles. The summed E-state index contributed by atoms with van der Waals surface area (Å²) >= 11 is 0. The molecule has 164 valence electrons. The second-order valence-corrected chi connectivity index (χ2v) is 9.67. The van der Waals surface area contributed by atoms with E-state index in [1.165, 1.54) is 6.42 Å². The molecule has 1 aliphatic carbocycles. The van der Waals surface area contributed by atoms with Gasteiger partial charge in [0.15, 0.2) is 5.58 Å². The van der Waals surface area contributed by atoms with Crippen LogP contribution in [0.15, 0.2) is 22.8 Å². The highest BCUT2D eigenvalue weighted by molar-refractivity contribution is 6.02. The second kappa shape index (κ2) is 7.76. The summed E-state index contributed by atoms with van der Waals surface area (Å²) in [6, 6.07) is 3.82. The van der Waals surface area contributed by atoms with Gasteiger partial charge in [0.1, 0.15) is 11.2 Å². The van der Waals surface area contributed by atoms with E-state index in [4.69, 9.17) is 4.42 Å². The maximum atomic E-state index is 13.7. The van der Waals surface area contributed by atoms with Crippen LogP contribution in [0.1, 0.15) is 50.5 Å². The predicted octanol–water partition coefficient (Wildman–Crippen LogP) is 2.95. The van der Waals surface area contributed by atoms with Crippen molar-refractivity contribution in [3.8, 4) is 0 Å². The number of carbonyl (C=O) groups is 2. The molecule has 3 heterocycles. The Bertz CT molecular complexity index is 946. The quantitative estimate of drug-likeness (QED) is 0.817. The van der Waals surface area contributed by atoms with Gasteiger partial charge in [-0.15, -0.1) is 0 Å². The summed E-state index contributed by atoms with van der Waals surface area (Å²) in [5.74, 6) is 0.855. The molecule has 0 saturated heterocycles. The standard InChI is InChI=1S/C23H34N4O3/c1-15-7-6-8-17(16(15)2)24-22(29)23(3)14-26-18-9-12-30-20(18)13-19(26)21(28)27(23)11-10-25(4)5/h9,12-13,15-17H,6-8,10-11,14H2,1-5H3,(H,24,29). The minimum absolute atomic E-state index is 0.0587. The SMILES string of the molecule is CC1CCCC(NC(=O)C2(C)Cn3c(cc4occc43)C(=O)N2CCN(C)C)C1C. The van der Waals surface area contributed by atoms with E-state index in [0.29, 0.717) is 42.7 Å². The zero-order valence-corrected chi connectivity index (χ0v) is 18.8. The molecule has 0 bridgehead atoms. The van der Waals surface area contributed by atoms with Crippen molar-refractivity contribution in [1.29, 1.82) is 0 Å². The summed E-state index contributed by atoms with van der Waals surface area (Å²) in [5.41, 5.74) is 1.19. The van der Waals surface area contributed by atoms with Crippen LogP contribution in [0.5, 0.6) is 0 Å². The summed E-state index contributed by atoms with van der Waals surface area (Å²) in [6.07, 6.45) is 4.97. The van der Waals surface area contributed by atoms with Crippen LogP contribution in [-0.4, -0.2) is 64.9 Å². The predicted molar refractivity (Wildman–Crippen MR) is 116 cm³/mol. The number of amides is 2. The van der Waals surface area contributed by atoms with Crippen molar-refractivity contribution < 1.29 is 14.0 Å². The first-order chi connectivity index (χ1) is 14.2. The number of fused-ring (bicyclic) bond motifs is 3. The van der Waals surface area contributed by atoms with Gasteiger partial charge < -0.3 is 24.1 Å². The topological polar surface area (TPSA) is 70.7 Å². The van der Waals surface area contributed by atoms with E-state index >= 15 is 0 Å². The summed E-state index contributed by atoms with van der Waals surface area (Å²) < 4.78 is 7.47. The Morgan fingerprint density at radius 3 is 2.83 bits per heavy atom. The van der Waals surface area contributed by atoms with Gasteiger partial charge in [-0.3, -0.25) is 9.59 Å². The third-order valence-electron chi connectivity index (χ3n) is 7.33. The lowest BCUT2D eigenvalue weighted by atomic mass is 9.77. The van der Waals surface area contributed by atoms with Gasteiger partial charge in [0.25, 0.3) is 5.91 Å². The molecule has 1 N–H and O–H groups in total. The molecule has 2 aromatic heterocycles. The van der Waals surface area contributed by atoms with Crippen molar-refractivity contribution in [2.24, 2.45) is 11.8 Å². The molecule has 7 heteroatoms. The molecular formula is C23H34N4O3. The highest BCUT2D eigenvalue weighted by atomic mass is 16.3. The van der Waals surface area contributed by atoms with E-state index in [0.717, 1.165) is 18.4 Å². The number of rotatable bonds is 5. The monoisotopic (exact) mass is 414 g/mol. The number of aromatic nitrogens is 1. The molecule has 2 aromatic rings. The summed E-state index contributed by atoms with van der Waals surface area (Å²) in [5, 5.41) is 3.33. The fourth-order valence-corrected chi connectivity index (χ4v) is 5.03. The largest absolute Gasteiger partial charge is 0.463 e. The highest BCUT2D eigenvalue weighted by Crippen LogP contribution is 2.34. The molecule has 1 saturated carbocycles. The Morgan fingerprint density at radius 2 is 2.10 bits per heavy atom. The van der Waals surface area contributed by atoms with E-state index in [1.807, 2.05) is 36.6 Å². The Labute approximate surface area is 178 Å². The van der Waals surface area contributed by atoms with E-state index < -0.39 is 5.54 Å². The summed E-state index contributed by atoms with van der Waals surface area (Å²) in [4.78, 5) is 31.0. The molecule has 0 radical (unpaired) electrons. The van der Waals surface area contributed by atoms with Crippen LogP contribution >= 0.6 is 0 Å². The van der Waals surface area contributed by atoms with Crippen LogP contribution in [0, 0.1) is 11.8 Å². The van der Waals surface area contributed by atoms with Gasteiger partial charge in [0, 0.05) is 31.3 Å². The number of carbonyl (C=O) groups excluding carboxylic acids is 2. The number of hydrogen-bond donors (Lipinski definition) is 1. The van der Waals surface area contributed by atoms with Gasteiger partial charge in [0.2, 0.25) is 5.91 Å². The van der Waals surface area contributed by atoms with E-state index in [9.17, 15) is 9.59 Å². The zero-order chi connectivity index (χ0) is 21.6. The minimum Gasteiger partial charge on any atom is -0.463 e. The van der Waals surface area contributed by atoms with Crippen LogP contribution in [0.2, 0.25) is 0 Å². The minimum atomic E-state index is -0.955. The maximum Gasteiger partial charge on any atom is 0.271 e. The fraction of sp³-hybridized carbons (Fsp3) is 0.652. The summed E-state index contributed by atoms with van der Waals surface area (Å²) in [7, 11) is 3.96. The third-order valence-corrected chi connectivity index (χ3v) is 7.33. The van der Waals surface area contributed by atoms with Crippen molar-refractivity contribution in [3.63, 3.8) is 0 Å². The number of likely N-dealkylation sites (N-methyl/N-ethyl adjacent to an activating group) is 1. The molecule has 4 unspecified atom stereocenters. The van der Waals surface area contributed by atoms with E-state index in [1.54, 1.807) is 17.2 Å². The maximum absolute atomic E-state index is 13.7. The second-order valence-electron chi connectivity index (χ2n) is 9.67. The molecule has 4 rings (SSSR count). The number of hydrogen-bond acceptors (Lipinski definition) is 4. The lowest BCUT2D eigenvalue weighted by Crippen LogP contribution is -2.66. The lowest BCUT2D eigenvalue weighted by molar-refractivity contribution is -0.134. The van der Waals surface area contributed by atoms with Crippen molar-refractivity contribution >= 4 is 22.9 Å². The molecule has 0 spiro atoms. The molecule has 2 aliphatic rings. The summed E-state index contributed by atoms with van der Waals surface area (Å²) in [6.45, 7) is 8.02. The van der Waals surface area contributed by atoms with Gasteiger partial charge in [0.05, 0.1) is 18.3 Å². The average molecular weight is 415 g/mol. The Hall–Kier alpha value is -2.28. The van der Waals surface area contributed by atoms with Crippen LogP contribution in [-0.2, 0) is 11.3 Å². The smallest absolute Gasteiger partial charge is 0.271 e. The Morgan fingerprint density at radius 1 is 1.33 bits per heavy atom. The molecule has 2 amide bonds. The van der Waals surface area contributed by atoms with E-state index in [2.05, 4.69) is 19.2 Å². The van der Waals surface area contributed by atoms with Gasteiger partial charge in [-0.25, -0.2) is 0 Å². The van der Waals surface area contributed by atoms with Gasteiger partial charge in [-0.1, -0.05) is 26.7 Å². The first kappa shape index (κ1) is 21.0. The van der Waals surface area contributed by atoms with Crippen molar-refractivity contribution in [1.82, 2.24) is 19.7 Å². The first-order valence-electron chi connectivity index (χ1n) is 11.1. The Balaban J connectivity index is 1.67. The average Bonchev–Trinajstić information content (AvgIpc) is 3.27. The number of nitrogens with zero attached hydrogens (tertiary/aromatic N) is 3. The van der Waals surface area contributed by atoms with Crippen molar-refractivity contribution in [3.05, 3.63) is 24.1 Å². The lowest BCUT2D eigenvalue weighted by Gasteiger charge is -2.46. The third kappa shape index (κ3) is 3.43. The van der Waals surface area contributed by atoms with Crippen molar-refractivity contribution in [2.45, 2.75) is 58.2 Å². The number of furan rings is 1. The Kier molecular flexibility index (Phi) is 5.43. The van der Waals surface area contributed by atoms with Gasteiger partial charge in [-0.05, 0) is 39.3 Å². The molecule has 0 aromatic carbocycles. The van der Waals surface area contributed by atoms with Crippen molar-refractivity contribution in [2.75, 3.05) is 27.2 Å². The molecule has 1 fully saturated rings. The van der Waals surface area contributed by atoms with Gasteiger partial charge >= 0.3 is 0 Å². The zero-order valence-electron chi connectivity index (χ0n) is 18.8. The first-order valence-corrected chi connectivity index (χ1v) is 11.1. The fourth-order valence-electron chi connectivity index (χ4n) is 5.03. The molecule has 30 heavy (non-hydrogen) atoms. The van der Waals surface area contributed by atoms with Gasteiger partial charge in [-0.2, -0.15) is 0 Å². The van der Waals surface area contributed by atoms with Crippen LogP contribution in [0.25, 0.3) is 11.1 Å². The molecular weight excluding hydrogens is 380 g/mol. The van der Waals surface area contributed by atoms with Crippen LogP contribution in [0.3, 0.4) is 0 Å². The highest BCUT2D eigenvalue weighted by Gasteiger charge is 2.48. The van der Waals surface area contributed by atoms with Crippen LogP contribution < -0.4 is 5.32 Å². The van der Waals surface area contributed by atoms with E-state index in [-0.39, 0.29) is 17.9 Å². The normalized spacial score (nSPS) is 29.5. The molecule has 4 atom stereocenters. The number of nitrogens with one attached hydrogen (secondary N) is 1. The molecule has 7 nitrogen and oxygen atoms in total.